The number of aryl methyl sites for hydroxylation is 1. The van der Waals surface area contributed by atoms with Gasteiger partial charge in [0.15, 0.2) is 0 Å². The molecule has 0 unspecified atom stereocenters. The lowest BCUT2D eigenvalue weighted by Crippen LogP contribution is -2.45. The summed E-state index contributed by atoms with van der Waals surface area (Å²) in [6, 6.07) is 5.26. The molecule has 1 fully saturated rings. The topological polar surface area (TPSA) is 15.3 Å². The second-order valence-electron chi connectivity index (χ2n) is 5.72. The summed E-state index contributed by atoms with van der Waals surface area (Å²) in [6.07, 6.45) is 2.63. The van der Waals surface area contributed by atoms with Gasteiger partial charge in [-0.05, 0) is 37.8 Å². The molecule has 1 aromatic rings. The lowest BCUT2D eigenvalue weighted by molar-refractivity contribution is 0.162. The minimum Gasteiger partial charge on any atom is -0.314 e. The predicted octanol–water partition coefficient (Wildman–Crippen LogP) is 4.28. The zero-order valence-corrected chi connectivity index (χ0v) is 15.2. The molecule has 2 rings (SSSR count). The second-order valence-corrected chi connectivity index (χ2v) is 7.04. The molecule has 0 amide bonds. The predicted molar refractivity (Wildman–Crippen MR) is 94.8 cm³/mol. The molecule has 0 spiro atoms. The molecule has 0 saturated carbocycles. The monoisotopic (exact) mass is 338 g/mol. The largest absolute Gasteiger partial charge is 0.314 e. The van der Waals surface area contributed by atoms with Gasteiger partial charge in [0.2, 0.25) is 0 Å². The molecule has 118 valence electrons. The number of thiophene rings is 1. The molecule has 0 bridgehead atoms. The van der Waals surface area contributed by atoms with Gasteiger partial charge in [-0.25, -0.2) is 0 Å². The van der Waals surface area contributed by atoms with Gasteiger partial charge >= 0.3 is 0 Å². The molecule has 0 aliphatic carbocycles. The summed E-state index contributed by atoms with van der Waals surface area (Å²) in [7, 11) is 0. The molecular weight excluding hydrogens is 311 g/mol. The summed E-state index contributed by atoms with van der Waals surface area (Å²) in [6.45, 7) is 11.5. The molecule has 0 radical (unpaired) electrons. The first-order valence-electron chi connectivity index (χ1n) is 7.18. The van der Waals surface area contributed by atoms with Gasteiger partial charge < -0.3 is 5.32 Å². The highest BCUT2D eigenvalue weighted by atomic mass is 35.5. The summed E-state index contributed by atoms with van der Waals surface area (Å²) < 4.78 is 0. The van der Waals surface area contributed by atoms with Crippen LogP contribution in [0, 0.1) is 12.8 Å². The van der Waals surface area contributed by atoms with Gasteiger partial charge in [0.25, 0.3) is 0 Å². The molecule has 2 nitrogen and oxygen atoms in total. The molecule has 1 aromatic heterocycles. The third kappa shape index (κ3) is 5.90. The van der Waals surface area contributed by atoms with Crippen LogP contribution in [0.2, 0.25) is 0 Å². The van der Waals surface area contributed by atoms with Crippen molar-refractivity contribution in [2.75, 3.05) is 26.2 Å². The minimum atomic E-state index is 0. The fourth-order valence-corrected chi connectivity index (χ4v) is 3.67. The molecular formula is C15H28Cl2N2S. The molecule has 1 saturated heterocycles. The smallest absolute Gasteiger partial charge is 0.0442 e. The number of halogens is 2. The highest BCUT2D eigenvalue weighted by molar-refractivity contribution is 7.12. The van der Waals surface area contributed by atoms with Gasteiger partial charge in [-0.1, -0.05) is 13.8 Å². The van der Waals surface area contributed by atoms with Crippen LogP contribution in [0.25, 0.3) is 0 Å². The summed E-state index contributed by atoms with van der Waals surface area (Å²) in [4.78, 5) is 5.68. The molecule has 5 heteroatoms. The van der Waals surface area contributed by atoms with Gasteiger partial charge in [-0.15, -0.1) is 36.2 Å². The van der Waals surface area contributed by atoms with E-state index in [0.29, 0.717) is 6.04 Å². The van der Waals surface area contributed by atoms with Crippen molar-refractivity contribution in [3.63, 3.8) is 0 Å². The Kier molecular flexibility index (Phi) is 10.1. The van der Waals surface area contributed by atoms with Crippen LogP contribution in [-0.4, -0.2) is 31.1 Å². The third-order valence-corrected chi connectivity index (χ3v) is 4.80. The average molecular weight is 339 g/mol. The second kappa shape index (κ2) is 10.0. The molecule has 1 aliphatic rings. The van der Waals surface area contributed by atoms with Gasteiger partial charge in [0, 0.05) is 42.0 Å². The van der Waals surface area contributed by atoms with E-state index >= 15 is 0 Å². The minimum absolute atomic E-state index is 0. The maximum absolute atomic E-state index is 3.45. The van der Waals surface area contributed by atoms with Crippen molar-refractivity contribution < 1.29 is 0 Å². The van der Waals surface area contributed by atoms with Crippen LogP contribution >= 0.6 is 36.2 Å². The average Bonchev–Trinajstić information content (AvgIpc) is 2.77. The summed E-state index contributed by atoms with van der Waals surface area (Å²) in [5.74, 6) is 0.802. The van der Waals surface area contributed by atoms with Crippen LogP contribution < -0.4 is 5.32 Å². The van der Waals surface area contributed by atoms with Crippen LogP contribution in [0.4, 0.5) is 0 Å². The molecule has 1 atom stereocenters. The number of rotatable bonds is 5. The fraction of sp³-hybridized carbons (Fsp3) is 0.733. The van der Waals surface area contributed by atoms with E-state index in [1.165, 1.54) is 30.8 Å². The van der Waals surface area contributed by atoms with E-state index in [9.17, 15) is 0 Å². The van der Waals surface area contributed by atoms with Gasteiger partial charge in [-0.2, -0.15) is 0 Å². The zero-order chi connectivity index (χ0) is 13.0. The molecule has 0 aromatic carbocycles. The van der Waals surface area contributed by atoms with Gasteiger partial charge in [0.1, 0.15) is 0 Å². The van der Waals surface area contributed by atoms with E-state index in [1.54, 1.807) is 4.88 Å². The first-order chi connectivity index (χ1) is 8.66. The fourth-order valence-electron chi connectivity index (χ4n) is 2.62. The highest BCUT2D eigenvalue weighted by Crippen LogP contribution is 2.32. The molecule has 1 N–H and O–H groups in total. The number of nitrogens with zero attached hydrogens (tertiary/aromatic N) is 1. The van der Waals surface area contributed by atoms with E-state index < -0.39 is 0 Å². The van der Waals surface area contributed by atoms with Crippen LogP contribution in [0.15, 0.2) is 12.1 Å². The van der Waals surface area contributed by atoms with Crippen LogP contribution in [-0.2, 0) is 0 Å². The Balaban J connectivity index is 0.00000180. The Labute approximate surface area is 140 Å². The lowest BCUT2D eigenvalue weighted by Gasteiger charge is -2.35. The van der Waals surface area contributed by atoms with Gasteiger partial charge in [0.05, 0.1) is 0 Å². The maximum atomic E-state index is 3.45. The lowest BCUT2D eigenvalue weighted by atomic mass is 10.0. The Bertz CT molecular complexity index is 363. The normalized spacial score (nSPS) is 17.4. The highest BCUT2D eigenvalue weighted by Gasteiger charge is 2.23. The van der Waals surface area contributed by atoms with E-state index in [1.807, 2.05) is 11.3 Å². The van der Waals surface area contributed by atoms with Crippen molar-refractivity contribution in [2.45, 2.75) is 39.7 Å². The van der Waals surface area contributed by atoms with Crippen molar-refractivity contribution in [2.24, 2.45) is 5.92 Å². The van der Waals surface area contributed by atoms with Crippen molar-refractivity contribution >= 4 is 36.2 Å². The first-order valence-corrected chi connectivity index (χ1v) is 7.99. The summed E-state index contributed by atoms with van der Waals surface area (Å²) in [5.41, 5.74) is 0. The van der Waals surface area contributed by atoms with Gasteiger partial charge in [-0.3, -0.25) is 4.90 Å². The van der Waals surface area contributed by atoms with E-state index in [-0.39, 0.29) is 24.8 Å². The van der Waals surface area contributed by atoms with E-state index in [0.717, 1.165) is 19.0 Å². The number of hydrogen-bond acceptors (Lipinski definition) is 3. The van der Waals surface area contributed by atoms with Crippen molar-refractivity contribution in [1.29, 1.82) is 0 Å². The summed E-state index contributed by atoms with van der Waals surface area (Å²) in [5, 5.41) is 3.45. The van der Waals surface area contributed by atoms with Crippen molar-refractivity contribution in [1.82, 2.24) is 10.2 Å². The molecule has 1 aliphatic heterocycles. The van der Waals surface area contributed by atoms with Crippen LogP contribution in [0.1, 0.15) is 42.5 Å². The Morgan fingerprint density at radius 3 is 2.30 bits per heavy atom. The van der Waals surface area contributed by atoms with Crippen LogP contribution in [0.5, 0.6) is 0 Å². The number of hydrogen-bond donors (Lipinski definition) is 1. The quantitative estimate of drug-likeness (QED) is 0.861. The maximum Gasteiger partial charge on any atom is 0.0442 e. The number of nitrogens with one attached hydrogen (secondary N) is 1. The Hall–Kier alpha value is 0.200. The standard InChI is InChI=1S/C15H26N2S.2ClH/c1-12(2)4-6-14(15-7-5-13(3)18-15)17-10-8-16-9-11-17;;/h5,7,12,14,16H,4,6,8-11H2,1-3H3;2*1H/t14-;;/m0../s1. The Morgan fingerprint density at radius 2 is 1.80 bits per heavy atom. The summed E-state index contributed by atoms with van der Waals surface area (Å²) >= 11 is 1.98. The molecule has 20 heavy (non-hydrogen) atoms. The first kappa shape index (κ1) is 20.2. The third-order valence-electron chi connectivity index (χ3n) is 3.70. The zero-order valence-electron chi connectivity index (χ0n) is 12.7. The van der Waals surface area contributed by atoms with E-state index in [2.05, 4.69) is 43.1 Å². The number of piperazine rings is 1. The molecule has 2 heterocycles. The van der Waals surface area contributed by atoms with Crippen LogP contribution in [0.3, 0.4) is 0 Å². The SMILES string of the molecule is Cc1ccc([C@H](CCC(C)C)N2CCNCC2)s1.Cl.Cl. The van der Waals surface area contributed by atoms with Crippen molar-refractivity contribution in [3.8, 4) is 0 Å². The van der Waals surface area contributed by atoms with E-state index in [4.69, 9.17) is 0 Å². The van der Waals surface area contributed by atoms with Crippen molar-refractivity contribution in [3.05, 3.63) is 21.9 Å². The Morgan fingerprint density at radius 1 is 1.15 bits per heavy atom.